The highest BCUT2D eigenvalue weighted by Gasteiger charge is 2.62. The standard InChI is InChI=1S/C47H57N7O11/c1-29-26-47(54(27-29)44(62)31(3)49-42(60)30(2)48-4)41(59)35-19-16-24-53(35)45(63)34(28-65-46(47)64)51-43(61)33(25-32-17-12-11-13-18-32)50-38(57)20-14-9-7-5-6-8-10-15-21-39(58)52-40-36(55)22-23-37(40)56/h5-15,17-18,20-21,29-31,33-35,48,55H,16,19,22-28H2,1-4H3,(H,49,60)(H,50,57)(H,51,61)(H,52,58)/t29-,30+,31+,33+,34+,35+,47?/m1/s1. The molecular formula is C47H57N7O11. The largest absolute Gasteiger partial charge is 0.510 e. The Kier molecular flexibility index (Phi) is 17.1. The number of fused-ring (bicyclic) bond motifs is 1. The number of aliphatic hydroxyl groups is 1. The molecule has 6 amide bonds. The number of likely N-dealkylation sites (N-methyl/N-ethyl adjacent to an activating group) is 1. The molecule has 346 valence electrons. The fourth-order valence-corrected chi connectivity index (χ4v) is 8.12. The third-order valence-corrected chi connectivity index (χ3v) is 11.6. The van der Waals surface area contributed by atoms with Crippen LogP contribution in [-0.2, 0) is 54.3 Å². The molecule has 1 aromatic rings. The van der Waals surface area contributed by atoms with Crippen LogP contribution in [0.25, 0.3) is 0 Å². The number of benzene rings is 1. The third kappa shape index (κ3) is 12.2. The molecular weight excluding hydrogens is 839 g/mol. The zero-order chi connectivity index (χ0) is 47.3. The molecule has 3 fully saturated rings. The number of Topliss-reactive ketones (excluding diaryl/α,β-unsaturated/α-hetero) is 2. The second-order valence-electron chi connectivity index (χ2n) is 16.4. The molecule has 0 saturated carbocycles. The van der Waals surface area contributed by atoms with Crippen LogP contribution in [0.3, 0.4) is 0 Å². The Morgan fingerprint density at radius 1 is 0.862 bits per heavy atom. The van der Waals surface area contributed by atoms with Crippen molar-refractivity contribution in [2.45, 2.75) is 95.0 Å². The second kappa shape index (κ2) is 22.6. The smallest absolute Gasteiger partial charge is 0.340 e. The molecule has 1 unspecified atom stereocenters. The Bertz CT molecular complexity index is 2210. The van der Waals surface area contributed by atoms with Crippen molar-refractivity contribution in [2.24, 2.45) is 5.92 Å². The van der Waals surface area contributed by atoms with Gasteiger partial charge in [-0.05, 0) is 51.6 Å². The molecule has 65 heavy (non-hydrogen) atoms. The topological polar surface area (TPSA) is 250 Å². The summed E-state index contributed by atoms with van der Waals surface area (Å²) in [6, 6.07) is 3.46. The molecule has 3 heterocycles. The van der Waals surface area contributed by atoms with E-state index in [0.717, 1.165) is 0 Å². The van der Waals surface area contributed by atoms with Crippen molar-refractivity contribution >= 4 is 53.0 Å². The molecule has 0 radical (unpaired) electrons. The fraction of sp³-hybridized carbons (Fsp3) is 0.426. The van der Waals surface area contributed by atoms with Crippen LogP contribution < -0.4 is 26.6 Å². The van der Waals surface area contributed by atoms with E-state index in [1.807, 2.05) is 0 Å². The molecule has 6 N–H and O–H groups in total. The minimum atomic E-state index is -2.08. The predicted molar refractivity (Wildman–Crippen MR) is 237 cm³/mol. The van der Waals surface area contributed by atoms with Crippen LogP contribution in [0.1, 0.15) is 58.4 Å². The van der Waals surface area contributed by atoms with E-state index in [4.69, 9.17) is 4.74 Å². The molecule has 18 nitrogen and oxygen atoms in total. The molecule has 18 heteroatoms. The number of carbonyl (C=O) groups excluding carboxylic acids is 9. The van der Waals surface area contributed by atoms with Crippen LogP contribution in [0, 0.1) is 5.92 Å². The van der Waals surface area contributed by atoms with Gasteiger partial charge in [0.05, 0.1) is 12.1 Å². The summed E-state index contributed by atoms with van der Waals surface area (Å²) in [4.78, 5) is 123. The summed E-state index contributed by atoms with van der Waals surface area (Å²) >= 11 is 0. The lowest BCUT2D eigenvalue weighted by molar-refractivity contribution is -0.167. The number of allylic oxidation sites excluding steroid dienone is 10. The van der Waals surface area contributed by atoms with E-state index in [1.165, 1.54) is 41.0 Å². The zero-order valence-electron chi connectivity index (χ0n) is 36.9. The van der Waals surface area contributed by atoms with E-state index in [0.29, 0.717) is 12.0 Å². The molecule has 7 atom stereocenters. The first-order valence-corrected chi connectivity index (χ1v) is 21.6. The van der Waals surface area contributed by atoms with Gasteiger partial charge in [0.2, 0.25) is 41.0 Å². The van der Waals surface area contributed by atoms with E-state index in [-0.39, 0.29) is 68.4 Å². The van der Waals surface area contributed by atoms with Crippen LogP contribution in [-0.4, -0.2) is 130 Å². The summed E-state index contributed by atoms with van der Waals surface area (Å²) in [5, 5.41) is 22.9. The maximum Gasteiger partial charge on any atom is 0.340 e. The average molecular weight is 896 g/mol. The lowest BCUT2D eigenvalue weighted by Crippen LogP contribution is -2.65. The van der Waals surface area contributed by atoms with Gasteiger partial charge in [0.1, 0.15) is 36.2 Å². The highest BCUT2D eigenvalue weighted by molar-refractivity contribution is 6.15. The molecule has 1 aromatic carbocycles. The summed E-state index contributed by atoms with van der Waals surface area (Å²) in [6.07, 6.45) is 16.1. The van der Waals surface area contributed by atoms with Crippen molar-refractivity contribution in [2.75, 3.05) is 26.7 Å². The molecule has 4 aliphatic rings. The first-order valence-electron chi connectivity index (χ1n) is 21.6. The van der Waals surface area contributed by atoms with Crippen LogP contribution in [0.5, 0.6) is 0 Å². The van der Waals surface area contributed by atoms with Gasteiger partial charge in [-0.25, -0.2) is 4.79 Å². The van der Waals surface area contributed by atoms with Crippen molar-refractivity contribution in [3.63, 3.8) is 0 Å². The number of ether oxygens (including phenoxy) is 1. The molecule has 1 aliphatic carbocycles. The van der Waals surface area contributed by atoms with E-state index < -0.39 is 89.6 Å². The highest BCUT2D eigenvalue weighted by Crippen LogP contribution is 2.40. The minimum absolute atomic E-state index is 0.0287. The van der Waals surface area contributed by atoms with Gasteiger partial charge in [0, 0.05) is 44.5 Å². The second-order valence-corrected chi connectivity index (χ2v) is 16.4. The molecule has 0 aromatic heterocycles. The first kappa shape index (κ1) is 49.1. The normalized spacial score (nSPS) is 24.2. The number of aliphatic hydroxyl groups excluding tert-OH is 1. The molecule has 1 spiro atoms. The van der Waals surface area contributed by atoms with Crippen LogP contribution in [0.15, 0.2) is 103 Å². The number of likely N-dealkylation sites (tertiary alicyclic amines) is 1. The Morgan fingerprint density at radius 2 is 1.51 bits per heavy atom. The zero-order valence-corrected chi connectivity index (χ0v) is 36.9. The lowest BCUT2D eigenvalue weighted by Gasteiger charge is -2.38. The number of hydrogen-bond donors (Lipinski definition) is 6. The number of cyclic esters (lactones) is 1. The van der Waals surface area contributed by atoms with Gasteiger partial charge in [0.25, 0.3) is 0 Å². The van der Waals surface area contributed by atoms with Crippen molar-refractivity contribution in [3.05, 3.63) is 108 Å². The van der Waals surface area contributed by atoms with E-state index in [9.17, 15) is 48.3 Å². The minimum Gasteiger partial charge on any atom is -0.510 e. The van der Waals surface area contributed by atoms with E-state index in [1.54, 1.807) is 87.7 Å². The van der Waals surface area contributed by atoms with E-state index in [2.05, 4.69) is 26.6 Å². The lowest BCUT2D eigenvalue weighted by atomic mass is 9.83. The Hall–Kier alpha value is -6.95. The molecule has 3 aliphatic heterocycles. The fourth-order valence-electron chi connectivity index (χ4n) is 8.12. The van der Waals surface area contributed by atoms with Gasteiger partial charge in [-0.2, -0.15) is 0 Å². The maximum absolute atomic E-state index is 14.6. The van der Waals surface area contributed by atoms with Crippen molar-refractivity contribution in [3.8, 4) is 0 Å². The number of nitrogens with one attached hydrogen (secondary N) is 5. The number of hydrogen-bond acceptors (Lipinski definition) is 12. The maximum atomic E-state index is 14.6. The van der Waals surface area contributed by atoms with Crippen molar-refractivity contribution < 1.29 is 53.0 Å². The summed E-state index contributed by atoms with van der Waals surface area (Å²) in [5.41, 5.74) is -1.45. The number of rotatable bonds is 16. The first-order chi connectivity index (χ1) is 31.1. The Morgan fingerprint density at radius 3 is 2.14 bits per heavy atom. The number of nitrogens with zero attached hydrogens (tertiary/aromatic N) is 2. The Balaban J connectivity index is 1.25. The van der Waals surface area contributed by atoms with Gasteiger partial charge in [0.15, 0.2) is 11.6 Å². The van der Waals surface area contributed by atoms with Gasteiger partial charge in [-0.15, -0.1) is 0 Å². The molecule has 3 saturated heterocycles. The van der Waals surface area contributed by atoms with Crippen molar-refractivity contribution in [1.82, 2.24) is 36.4 Å². The number of esters is 1. The predicted octanol–water partition coefficient (Wildman–Crippen LogP) is 1.07. The van der Waals surface area contributed by atoms with Gasteiger partial charge in [-0.3, -0.25) is 38.4 Å². The van der Waals surface area contributed by atoms with Gasteiger partial charge < -0.3 is 46.2 Å². The summed E-state index contributed by atoms with van der Waals surface area (Å²) in [7, 11) is 1.59. The summed E-state index contributed by atoms with van der Waals surface area (Å²) in [5.74, 6) is -6.14. The van der Waals surface area contributed by atoms with Crippen molar-refractivity contribution in [1.29, 1.82) is 0 Å². The van der Waals surface area contributed by atoms with Crippen LogP contribution in [0.4, 0.5) is 0 Å². The number of amides is 6. The highest BCUT2D eigenvalue weighted by atomic mass is 16.5. The van der Waals surface area contributed by atoms with Crippen LogP contribution in [0.2, 0.25) is 0 Å². The molecule has 5 rings (SSSR count). The van der Waals surface area contributed by atoms with Gasteiger partial charge in [-0.1, -0.05) is 85.9 Å². The number of ketones is 2. The monoisotopic (exact) mass is 895 g/mol. The summed E-state index contributed by atoms with van der Waals surface area (Å²) < 4.78 is 5.73. The van der Waals surface area contributed by atoms with E-state index >= 15 is 0 Å². The average Bonchev–Trinajstić information content (AvgIpc) is 4.01. The third-order valence-electron chi connectivity index (χ3n) is 11.6. The molecule has 0 bridgehead atoms. The number of carbonyl (C=O) groups is 9. The SMILES string of the molecule is CN[C@@H](C)C(=O)N[C@@H](C)C(=O)N1C[C@H](C)CC12C(=O)OC[C@H](NC(=O)[C@H](Cc1ccccc1)NC(=O)C=CC=CC=CC=CC=CC(=O)NC1=C(O)CCC1=O)C(=O)N1CCC[C@H]1C2=O. The van der Waals surface area contributed by atoms with Crippen LogP contribution >= 0.6 is 0 Å². The van der Waals surface area contributed by atoms with Gasteiger partial charge >= 0.3 is 5.97 Å². The summed E-state index contributed by atoms with van der Waals surface area (Å²) in [6.45, 7) is 4.42. The Labute approximate surface area is 377 Å². The quantitative estimate of drug-likeness (QED) is 0.0591.